The van der Waals surface area contributed by atoms with Gasteiger partial charge in [0, 0.05) is 23.0 Å². The van der Waals surface area contributed by atoms with E-state index >= 15 is 0 Å². The summed E-state index contributed by atoms with van der Waals surface area (Å²) >= 11 is 7.33. The number of halogens is 1. The van der Waals surface area contributed by atoms with Crippen LogP contribution in [0.15, 0.2) is 66.0 Å². The van der Waals surface area contributed by atoms with Gasteiger partial charge in [0.2, 0.25) is 5.91 Å². The summed E-state index contributed by atoms with van der Waals surface area (Å²) in [6.45, 7) is 1.96. The fourth-order valence-corrected chi connectivity index (χ4v) is 3.91. The lowest BCUT2D eigenvalue weighted by atomic mass is 10.1. The van der Waals surface area contributed by atoms with Crippen molar-refractivity contribution in [3.05, 3.63) is 71.5 Å². The first-order chi connectivity index (χ1) is 14.5. The number of nitrogens with zero attached hydrogens (tertiary/aromatic N) is 3. The highest BCUT2D eigenvalue weighted by atomic mass is 35.5. The van der Waals surface area contributed by atoms with Crippen LogP contribution in [-0.4, -0.2) is 33.4 Å². The Bertz CT molecular complexity index is 1210. The molecule has 4 rings (SSSR count). The van der Waals surface area contributed by atoms with Crippen LogP contribution < -0.4 is 10.1 Å². The fraction of sp³-hybridized carbons (Fsp3) is 0.136. The molecule has 0 radical (unpaired) electrons. The average Bonchev–Trinajstić information content (AvgIpc) is 3.18. The lowest BCUT2D eigenvalue weighted by molar-refractivity contribution is -0.113. The highest BCUT2D eigenvalue weighted by molar-refractivity contribution is 8.00. The molecule has 1 amide bonds. The van der Waals surface area contributed by atoms with Crippen molar-refractivity contribution in [1.29, 1.82) is 0 Å². The standard InChI is InChI=1S/C22H19ClN4O2S/c1-14-3-8-20(29-2)18(11-14)25-21(28)13-30-22-19-12-17(26-27(19)10-9-24-22)15-4-6-16(23)7-5-15/h3-12H,13H2,1-2H3,(H,25,28). The molecule has 0 aliphatic rings. The molecule has 2 aromatic carbocycles. The minimum Gasteiger partial charge on any atom is -0.495 e. The molecule has 1 N–H and O–H groups in total. The summed E-state index contributed by atoms with van der Waals surface area (Å²) in [7, 11) is 1.58. The van der Waals surface area contributed by atoms with E-state index in [1.165, 1.54) is 11.8 Å². The molecule has 8 heteroatoms. The molecule has 0 aliphatic carbocycles. The van der Waals surface area contributed by atoms with Gasteiger partial charge >= 0.3 is 0 Å². The van der Waals surface area contributed by atoms with Gasteiger partial charge in [-0.3, -0.25) is 4.79 Å². The molecule has 0 spiro atoms. The zero-order valence-electron chi connectivity index (χ0n) is 16.4. The number of anilines is 1. The van der Waals surface area contributed by atoms with Gasteiger partial charge in [-0.05, 0) is 42.8 Å². The van der Waals surface area contributed by atoms with Gasteiger partial charge < -0.3 is 10.1 Å². The average molecular weight is 439 g/mol. The van der Waals surface area contributed by atoms with Crippen LogP contribution in [0, 0.1) is 6.92 Å². The van der Waals surface area contributed by atoms with Crippen molar-refractivity contribution in [2.24, 2.45) is 0 Å². The first-order valence-electron chi connectivity index (χ1n) is 9.21. The molecule has 0 atom stereocenters. The second-order valence-corrected chi connectivity index (χ2v) is 8.04. The molecule has 0 bridgehead atoms. The number of hydrogen-bond donors (Lipinski definition) is 1. The molecule has 0 saturated carbocycles. The van der Waals surface area contributed by atoms with Crippen LogP contribution in [0.2, 0.25) is 5.02 Å². The van der Waals surface area contributed by atoms with Gasteiger partial charge in [-0.15, -0.1) is 0 Å². The number of nitrogens with one attached hydrogen (secondary N) is 1. The van der Waals surface area contributed by atoms with Crippen molar-refractivity contribution in [3.63, 3.8) is 0 Å². The molecule has 0 unspecified atom stereocenters. The zero-order valence-corrected chi connectivity index (χ0v) is 18.0. The smallest absolute Gasteiger partial charge is 0.234 e. The quantitative estimate of drug-likeness (QED) is 0.424. The molecule has 2 heterocycles. The molecule has 4 aromatic rings. The minimum atomic E-state index is -0.134. The topological polar surface area (TPSA) is 68.5 Å². The highest BCUT2D eigenvalue weighted by Crippen LogP contribution is 2.28. The van der Waals surface area contributed by atoms with Crippen LogP contribution in [0.3, 0.4) is 0 Å². The monoisotopic (exact) mass is 438 g/mol. The van der Waals surface area contributed by atoms with Crippen LogP contribution in [0.25, 0.3) is 16.8 Å². The number of carbonyl (C=O) groups excluding carboxylic acids is 1. The number of thioether (sulfide) groups is 1. The van der Waals surface area contributed by atoms with E-state index in [1.54, 1.807) is 24.0 Å². The maximum Gasteiger partial charge on any atom is 0.234 e. The number of hydrogen-bond acceptors (Lipinski definition) is 5. The van der Waals surface area contributed by atoms with Gasteiger partial charge in [0.1, 0.15) is 10.8 Å². The molecular weight excluding hydrogens is 420 g/mol. The number of benzene rings is 2. The number of fused-ring (bicyclic) bond motifs is 1. The van der Waals surface area contributed by atoms with Gasteiger partial charge in [0.25, 0.3) is 0 Å². The Morgan fingerprint density at radius 3 is 2.77 bits per heavy atom. The van der Waals surface area contributed by atoms with Crippen molar-refractivity contribution in [2.75, 3.05) is 18.2 Å². The lowest BCUT2D eigenvalue weighted by Crippen LogP contribution is -2.15. The molecular formula is C22H19ClN4O2S. The third kappa shape index (κ3) is 4.42. The summed E-state index contributed by atoms with van der Waals surface area (Å²) < 4.78 is 7.08. The lowest BCUT2D eigenvalue weighted by Gasteiger charge is -2.11. The molecule has 152 valence electrons. The van der Waals surface area contributed by atoms with Crippen molar-refractivity contribution in [3.8, 4) is 17.0 Å². The van der Waals surface area contributed by atoms with Crippen LogP contribution >= 0.6 is 23.4 Å². The number of rotatable bonds is 6. The fourth-order valence-electron chi connectivity index (χ4n) is 3.01. The number of amides is 1. The maximum absolute atomic E-state index is 12.5. The first kappa shape index (κ1) is 20.3. The summed E-state index contributed by atoms with van der Waals surface area (Å²) in [5.41, 5.74) is 4.31. The summed E-state index contributed by atoms with van der Waals surface area (Å²) in [6.07, 6.45) is 3.46. The Hall–Kier alpha value is -3.03. The Kier molecular flexibility index (Phi) is 5.92. The van der Waals surface area contributed by atoms with Crippen molar-refractivity contribution in [2.45, 2.75) is 11.9 Å². The number of methoxy groups -OCH3 is 1. The Morgan fingerprint density at radius 2 is 2.00 bits per heavy atom. The van der Waals surface area contributed by atoms with Crippen molar-refractivity contribution >= 4 is 40.5 Å². The van der Waals surface area contributed by atoms with Crippen LogP contribution in [0.5, 0.6) is 5.75 Å². The van der Waals surface area contributed by atoms with Gasteiger partial charge in [-0.25, -0.2) is 9.50 Å². The van der Waals surface area contributed by atoms with E-state index in [9.17, 15) is 4.79 Å². The largest absolute Gasteiger partial charge is 0.495 e. The van der Waals surface area contributed by atoms with Crippen LogP contribution in [-0.2, 0) is 4.79 Å². The molecule has 2 aromatic heterocycles. The number of carbonyl (C=O) groups is 1. The van der Waals surface area contributed by atoms with E-state index < -0.39 is 0 Å². The zero-order chi connectivity index (χ0) is 21.1. The third-order valence-corrected chi connectivity index (χ3v) is 5.71. The van der Waals surface area contributed by atoms with Crippen LogP contribution in [0.1, 0.15) is 5.56 Å². The number of ether oxygens (including phenoxy) is 1. The van der Waals surface area contributed by atoms with E-state index in [-0.39, 0.29) is 11.7 Å². The third-order valence-electron chi connectivity index (χ3n) is 4.46. The Balaban J connectivity index is 1.51. The van der Waals surface area contributed by atoms with E-state index in [0.717, 1.165) is 27.4 Å². The van der Waals surface area contributed by atoms with Gasteiger partial charge in [-0.2, -0.15) is 5.10 Å². The molecule has 0 fully saturated rings. The van der Waals surface area contributed by atoms with E-state index in [4.69, 9.17) is 16.3 Å². The molecule has 0 saturated heterocycles. The number of aromatic nitrogens is 3. The van der Waals surface area contributed by atoms with E-state index in [2.05, 4.69) is 15.4 Å². The second-order valence-electron chi connectivity index (χ2n) is 6.64. The molecule has 0 aliphatic heterocycles. The minimum absolute atomic E-state index is 0.134. The first-order valence-corrected chi connectivity index (χ1v) is 10.6. The van der Waals surface area contributed by atoms with Gasteiger partial charge in [-0.1, -0.05) is 41.6 Å². The van der Waals surface area contributed by atoms with E-state index in [1.807, 2.05) is 55.5 Å². The second kappa shape index (κ2) is 8.77. The summed E-state index contributed by atoms with van der Waals surface area (Å²) in [4.78, 5) is 16.9. The predicted octanol–water partition coefficient (Wildman–Crippen LogP) is 5.10. The van der Waals surface area contributed by atoms with Gasteiger partial charge in [0.05, 0.1) is 29.8 Å². The van der Waals surface area contributed by atoms with Crippen molar-refractivity contribution < 1.29 is 9.53 Å². The van der Waals surface area contributed by atoms with Gasteiger partial charge in [0.15, 0.2) is 0 Å². The summed E-state index contributed by atoms with van der Waals surface area (Å²) in [5.74, 6) is 0.707. The van der Waals surface area contributed by atoms with Crippen LogP contribution in [0.4, 0.5) is 5.69 Å². The van der Waals surface area contributed by atoms with E-state index in [0.29, 0.717) is 16.5 Å². The summed E-state index contributed by atoms with van der Waals surface area (Å²) in [6, 6.07) is 15.1. The summed E-state index contributed by atoms with van der Waals surface area (Å²) in [5, 5.41) is 8.92. The molecule has 6 nitrogen and oxygen atoms in total. The normalized spacial score (nSPS) is 10.9. The molecule has 30 heavy (non-hydrogen) atoms. The Morgan fingerprint density at radius 1 is 1.20 bits per heavy atom. The highest BCUT2D eigenvalue weighted by Gasteiger charge is 2.13. The maximum atomic E-state index is 12.5. The Labute approximate surface area is 183 Å². The SMILES string of the molecule is COc1ccc(C)cc1NC(=O)CSc1nccn2nc(-c3ccc(Cl)cc3)cc12. The predicted molar refractivity (Wildman–Crippen MR) is 121 cm³/mol. The van der Waals surface area contributed by atoms with Crippen molar-refractivity contribution in [1.82, 2.24) is 14.6 Å². The number of aryl methyl sites for hydroxylation is 1.